The summed E-state index contributed by atoms with van der Waals surface area (Å²) in [7, 11) is 1.59. The summed E-state index contributed by atoms with van der Waals surface area (Å²) in [5.41, 5.74) is 1.59. The van der Waals surface area contributed by atoms with Crippen LogP contribution in [0.3, 0.4) is 0 Å². The summed E-state index contributed by atoms with van der Waals surface area (Å²) < 4.78 is 12.0. The van der Waals surface area contributed by atoms with E-state index >= 15 is 0 Å². The maximum atomic E-state index is 11.6. The summed E-state index contributed by atoms with van der Waals surface area (Å²) in [6.07, 6.45) is 0. The second-order valence-corrected chi connectivity index (χ2v) is 5.91. The second-order valence-electron chi connectivity index (χ2n) is 4.67. The van der Waals surface area contributed by atoms with Gasteiger partial charge in [-0.25, -0.2) is 4.79 Å². The molecule has 5 nitrogen and oxygen atoms in total. The highest BCUT2D eigenvalue weighted by molar-refractivity contribution is 14.1. The maximum Gasteiger partial charge on any atom is 0.335 e. The highest BCUT2D eigenvalue weighted by atomic mass is 127. The molecule has 0 amide bonds. The van der Waals surface area contributed by atoms with E-state index in [4.69, 9.17) is 14.6 Å². The zero-order valence-corrected chi connectivity index (χ0v) is 14.2. The van der Waals surface area contributed by atoms with E-state index in [1.165, 1.54) is 18.2 Å². The zero-order chi connectivity index (χ0) is 16.3. The monoisotopic (exact) mass is 413 g/mol. The van der Waals surface area contributed by atoms with Gasteiger partial charge in [0, 0.05) is 9.13 Å². The SMILES string of the molecule is COc1c(C)cc(I)cc1COc1ccc(C(=O)O)c([O-])c1. The van der Waals surface area contributed by atoms with Crippen LogP contribution in [0.5, 0.6) is 17.2 Å². The van der Waals surface area contributed by atoms with Crippen molar-refractivity contribution in [2.75, 3.05) is 7.11 Å². The van der Waals surface area contributed by atoms with Crippen LogP contribution in [0.4, 0.5) is 0 Å². The molecule has 22 heavy (non-hydrogen) atoms. The van der Waals surface area contributed by atoms with Crippen LogP contribution in [0.2, 0.25) is 0 Å². The van der Waals surface area contributed by atoms with E-state index in [9.17, 15) is 9.90 Å². The molecule has 0 atom stereocenters. The fraction of sp³-hybridized carbons (Fsp3) is 0.188. The molecule has 0 heterocycles. The number of carboxylic acids is 1. The number of methoxy groups -OCH3 is 1. The number of benzene rings is 2. The molecule has 0 aliphatic carbocycles. The van der Waals surface area contributed by atoms with Crippen LogP contribution in [0.15, 0.2) is 30.3 Å². The van der Waals surface area contributed by atoms with E-state index in [0.717, 1.165) is 20.4 Å². The molecule has 0 aliphatic heterocycles. The standard InChI is InChI=1S/C16H15IO5/c1-9-5-11(17)6-10(15(9)21-2)8-22-12-3-4-13(16(19)20)14(18)7-12/h3-7,18H,8H2,1-2H3,(H,19,20)/p-1. The maximum absolute atomic E-state index is 11.6. The molecule has 0 spiro atoms. The Balaban J connectivity index is 2.20. The van der Waals surface area contributed by atoms with E-state index in [1.54, 1.807) is 7.11 Å². The Labute approximate surface area is 141 Å². The minimum Gasteiger partial charge on any atom is -0.872 e. The molecule has 6 heteroatoms. The lowest BCUT2D eigenvalue weighted by Crippen LogP contribution is -2.05. The first-order valence-electron chi connectivity index (χ1n) is 6.42. The first-order valence-corrected chi connectivity index (χ1v) is 7.50. The number of carbonyl (C=O) groups is 1. The van der Waals surface area contributed by atoms with Gasteiger partial charge in [0.05, 0.1) is 12.7 Å². The van der Waals surface area contributed by atoms with Crippen LogP contribution in [0.25, 0.3) is 0 Å². The van der Waals surface area contributed by atoms with Crippen molar-refractivity contribution in [1.82, 2.24) is 0 Å². The molecule has 0 bridgehead atoms. The Morgan fingerprint density at radius 2 is 2.05 bits per heavy atom. The van der Waals surface area contributed by atoms with Crippen molar-refractivity contribution in [2.24, 2.45) is 0 Å². The lowest BCUT2D eigenvalue weighted by Gasteiger charge is -2.15. The van der Waals surface area contributed by atoms with Crippen LogP contribution >= 0.6 is 22.6 Å². The van der Waals surface area contributed by atoms with Gasteiger partial charge >= 0.3 is 5.97 Å². The molecule has 2 aromatic carbocycles. The molecule has 0 saturated carbocycles. The van der Waals surface area contributed by atoms with Gasteiger partial charge < -0.3 is 19.7 Å². The minimum absolute atomic E-state index is 0.229. The van der Waals surface area contributed by atoms with Crippen molar-refractivity contribution in [1.29, 1.82) is 0 Å². The van der Waals surface area contributed by atoms with Crippen LogP contribution in [0, 0.1) is 10.5 Å². The Hall–Kier alpha value is -1.96. The highest BCUT2D eigenvalue weighted by Crippen LogP contribution is 2.28. The van der Waals surface area contributed by atoms with Crippen molar-refractivity contribution in [3.05, 3.63) is 50.6 Å². The first-order chi connectivity index (χ1) is 10.4. The summed E-state index contributed by atoms with van der Waals surface area (Å²) in [6, 6.07) is 7.84. The molecule has 0 unspecified atom stereocenters. The smallest absolute Gasteiger partial charge is 0.335 e. The van der Waals surface area contributed by atoms with Crippen LogP contribution < -0.4 is 14.6 Å². The topological polar surface area (TPSA) is 78.8 Å². The van der Waals surface area contributed by atoms with E-state index in [2.05, 4.69) is 22.6 Å². The predicted molar refractivity (Wildman–Crippen MR) is 87.6 cm³/mol. The molecule has 116 valence electrons. The summed E-state index contributed by atoms with van der Waals surface area (Å²) in [5, 5.41) is 20.5. The van der Waals surface area contributed by atoms with Gasteiger partial charge in [-0.2, -0.15) is 0 Å². The number of aryl methyl sites for hydroxylation is 1. The van der Waals surface area contributed by atoms with Gasteiger partial charge in [-0.1, -0.05) is 5.75 Å². The number of hydrogen-bond acceptors (Lipinski definition) is 4. The molecular formula is C16H14IO5-. The lowest BCUT2D eigenvalue weighted by molar-refractivity contribution is -0.268. The fourth-order valence-corrected chi connectivity index (χ4v) is 2.97. The van der Waals surface area contributed by atoms with Crippen molar-refractivity contribution in [3.8, 4) is 17.2 Å². The van der Waals surface area contributed by atoms with Crippen LogP contribution in [-0.4, -0.2) is 18.2 Å². The molecule has 0 fully saturated rings. The van der Waals surface area contributed by atoms with E-state index in [1.807, 2.05) is 19.1 Å². The van der Waals surface area contributed by atoms with Crippen molar-refractivity contribution in [2.45, 2.75) is 13.5 Å². The molecule has 0 aromatic heterocycles. The Morgan fingerprint density at radius 1 is 1.32 bits per heavy atom. The van der Waals surface area contributed by atoms with Gasteiger partial charge in [0.15, 0.2) is 0 Å². The Morgan fingerprint density at radius 3 is 2.64 bits per heavy atom. The second kappa shape index (κ2) is 6.87. The van der Waals surface area contributed by atoms with E-state index < -0.39 is 11.7 Å². The van der Waals surface area contributed by atoms with E-state index in [0.29, 0.717) is 5.75 Å². The van der Waals surface area contributed by atoms with Crippen molar-refractivity contribution >= 4 is 28.6 Å². The summed E-state index contributed by atoms with van der Waals surface area (Å²) in [5.74, 6) is -0.749. The molecule has 2 rings (SSSR count). The quantitative estimate of drug-likeness (QED) is 0.763. The number of halogens is 1. The van der Waals surface area contributed by atoms with Gasteiger partial charge in [-0.15, -0.1) is 0 Å². The third-order valence-corrected chi connectivity index (χ3v) is 3.72. The van der Waals surface area contributed by atoms with Gasteiger partial charge in [-0.3, -0.25) is 0 Å². The predicted octanol–water partition coefficient (Wildman–Crippen LogP) is 2.96. The summed E-state index contributed by atoms with van der Waals surface area (Å²) >= 11 is 2.21. The van der Waals surface area contributed by atoms with E-state index in [-0.39, 0.29) is 12.2 Å². The molecule has 2 aromatic rings. The summed E-state index contributed by atoms with van der Waals surface area (Å²) in [6.45, 7) is 2.18. The molecule has 0 radical (unpaired) electrons. The largest absolute Gasteiger partial charge is 0.872 e. The lowest BCUT2D eigenvalue weighted by atomic mass is 10.1. The molecule has 0 aliphatic rings. The van der Waals surface area contributed by atoms with Gasteiger partial charge in [0.2, 0.25) is 0 Å². The number of ether oxygens (including phenoxy) is 2. The van der Waals surface area contributed by atoms with Crippen molar-refractivity contribution < 1.29 is 24.5 Å². The normalized spacial score (nSPS) is 10.3. The third-order valence-electron chi connectivity index (χ3n) is 3.10. The Bertz CT molecular complexity index is 712. The average molecular weight is 413 g/mol. The van der Waals surface area contributed by atoms with Crippen LogP contribution in [0.1, 0.15) is 21.5 Å². The molecule has 1 N–H and O–H groups in total. The minimum atomic E-state index is -1.24. The molecular weight excluding hydrogens is 399 g/mol. The summed E-state index contributed by atoms with van der Waals surface area (Å²) in [4.78, 5) is 10.8. The number of carboxylic acid groups (broad SMARTS) is 1. The fourth-order valence-electron chi connectivity index (χ4n) is 2.13. The first kappa shape index (κ1) is 16.4. The number of hydrogen-bond donors (Lipinski definition) is 1. The van der Waals surface area contributed by atoms with Crippen molar-refractivity contribution in [3.63, 3.8) is 0 Å². The highest BCUT2D eigenvalue weighted by Gasteiger charge is 2.10. The third kappa shape index (κ3) is 3.62. The number of aromatic carboxylic acids is 1. The van der Waals surface area contributed by atoms with Gasteiger partial charge in [-0.05, 0) is 65.4 Å². The van der Waals surface area contributed by atoms with Gasteiger partial charge in [0.1, 0.15) is 18.1 Å². The van der Waals surface area contributed by atoms with Gasteiger partial charge in [0.25, 0.3) is 0 Å². The van der Waals surface area contributed by atoms with Crippen LogP contribution in [-0.2, 0) is 6.61 Å². The zero-order valence-electron chi connectivity index (χ0n) is 12.1. The average Bonchev–Trinajstić information content (AvgIpc) is 2.44. The number of rotatable bonds is 5. The molecule has 0 saturated heterocycles. The Kier molecular flexibility index (Phi) is 5.12.